The van der Waals surface area contributed by atoms with Gasteiger partial charge in [-0.1, -0.05) is 11.8 Å². The Balaban J connectivity index is 1.76. The SMILES string of the molecule is Cc1cc(C(=O)CSc2nnc(CN(c3ccc(F)cc3)S(C)(=O)=O)n2C)c(C)n1C. The predicted octanol–water partition coefficient (Wildman–Crippen LogP) is 2.85. The van der Waals surface area contributed by atoms with Crippen LogP contribution in [0.1, 0.15) is 27.6 Å². The zero-order valence-corrected chi connectivity index (χ0v) is 19.6. The van der Waals surface area contributed by atoms with Crippen molar-refractivity contribution in [3.63, 3.8) is 0 Å². The number of sulfonamides is 1. The number of thioether (sulfide) groups is 1. The van der Waals surface area contributed by atoms with Crippen molar-refractivity contribution in [3.05, 3.63) is 58.9 Å². The van der Waals surface area contributed by atoms with E-state index in [2.05, 4.69) is 10.2 Å². The van der Waals surface area contributed by atoms with Crippen LogP contribution in [-0.4, -0.2) is 45.5 Å². The average molecular weight is 466 g/mol. The monoisotopic (exact) mass is 465 g/mol. The molecule has 0 spiro atoms. The van der Waals surface area contributed by atoms with Crippen molar-refractivity contribution in [2.45, 2.75) is 25.5 Å². The third-order valence-corrected chi connectivity index (χ3v) is 7.29. The van der Waals surface area contributed by atoms with Gasteiger partial charge in [-0.3, -0.25) is 9.10 Å². The molecule has 2 aromatic heterocycles. The van der Waals surface area contributed by atoms with Crippen molar-refractivity contribution < 1.29 is 17.6 Å². The van der Waals surface area contributed by atoms with Gasteiger partial charge < -0.3 is 9.13 Å². The molecule has 0 saturated carbocycles. The highest BCUT2D eigenvalue weighted by molar-refractivity contribution is 7.99. The van der Waals surface area contributed by atoms with Crippen LogP contribution in [0, 0.1) is 19.7 Å². The Kier molecular flexibility index (Phi) is 6.56. The van der Waals surface area contributed by atoms with Gasteiger partial charge in [0.05, 0.1) is 24.2 Å². The van der Waals surface area contributed by atoms with Crippen molar-refractivity contribution in [3.8, 4) is 0 Å². The van der Waals surface area contributed by atoms with Crippen LogP contribution in [0.5, 0.6) is 0 Å². The molecule has 8 nitrogen and oxygen atoms in total. The number of ketones is 1. The highest BCUT2D eigenvalue weighted by Gasteiger charge is 2.22. The van der Waals surface area contributed by atoms with Gasteiger partial charge in [-0.25, -0.2) is 12.8 Å². The van der Waals surface area contributed by atoms with E-state index in [1.807, 2.05) is 31.5 Å². The minimum absolute atomic E-state index is 0.0141. The predicted molar refractivity (Wildman–Crippen MR) is 118 cm³/mol. The Hall–Kier alpha value is -2.66. The van der Waals surface area contributed by atoms with E-state index in [4.69, 9.17) is 0 Å². The first-order valence-electron chi connectivity index (χ1n) is 9.39. The van der Waals surface area contributed by atoms with E-state index in [0.717, 1.165) is 21.9 Å². The van der Waals surface area contributed by atoms with Crippen molar-refractivity contribution in [1.82, 2.24) is 19.3 Å². The second-order valence-corrected chi connectivity index (χ2v) is 10.1. The van der Waals surface area contributed by atoms with E-state index in [9.17, 15) is 17.6 Å². The summed E-state index contributed by atoms with van der Waals surface area (Å²) in [5.41, 5.74) is 2.92. The number of carbonyl (C=O) groups excluding carboxylic acids is 1. The number of Topliss-reactive ketones (excluding diaryl/α,β-unsaturated/α-hetero) is 1. The largest absolute Gasteiger partial charge is 0.351 e. The summed E-state index contributed by atoms with van der Waals surface area (Å²) in [6.45, 7) is 3.78. The molecule has 11 heteroatoms. The van der Waals surface area contributed by atoms with Crippen LogP contribution in [0.25, 0.3) is 0 Å². The number of halogens is 1. The molecule has 3 aromatic rings. The van der Waals surface area contributed by atoms with E-state index in [0.29, 0.717) is 22.2 Å². The number of carbonyl (C=O) groups is 1. The average Bonchev–Trinajstić information content (AvgIpc) is 3.18. The maximum atomic E-state index is 13.2. The van der Waals surface area contributed by atoms with Crippen LogP contribution >= 0.6 is 11.8 Å². The van der Waals surface area contributed by atoms with E-state index >= 15 is 0 Å². The maximum Gasteiger partial charge on any atom is 0.232 e. The smallest absolute Gasteiger partial charge is 0.232 e. The first-order valence-corrected chi connectivity index (χ1v) is 12.2. The fourth-order valence-electron chi connectivity index (χ4n) is 3.09. The Labute approximate surface area is 185 Å². The maximum absolute atomic E-state index is 13.2. The van der Waals surface area contributed by atoms with Crippen LogP contribution in [0.3, 0.4) is 0 Å². The molecule has 0 aliphatic heterocycles. The van der Waals surface area contributed by atoms with Gasteiger partial charge in [0.1, 0.15) is 5.82 Å². The van der Waals surface area contributed by atoms with Crippen molar-refractivity contribution in [2.24, 2.45) is 14.1 Å². The van der Waals surface area contributed by atoms with Gasteiger partial charge in [0.25, 0.3) is 0 Å². The lowest BCUT2D eigenvalue weighted by Gasteiger charge is -2.21. The Bertz CT molecular complexity index is 1220. The lowest BCUT2D eigenvalue weighted by atomic mass is 10.2. The number of hydrogen-bond acceptors (Lipinski definition) is 6. The summed E-state index contributed by atoms with van der Waals surface area (Å²) in [6, 6.07) is 7.05. The summed E-state index contributed by atoms with van der Waals surface area (Å²) in [7, 11) is -0.00992. The molecule has 0 fully saturated rings. The van der Waals surface area contributed by atoms with E-state index in [-0.39, 0.29) is 18.1 Å². The van der Waals surface area contributed by atoms with Crippen molar-refractivity contribution in [1.29, 1.82) is 0 Å². The summed E-state index contributed by atoms with van der Waals surface area (Å²) in [4.78, 5) is 12.6. The highest BCUT2D eigenvalue weighted by Crippen LogP contribution is 2.23. The lowest BCUT2D eigenvalue weighted by Crippen LogP contribution is -2.30. The van der Waals surface area contributed by atoms with Gasteiger partial charge in [0, 0.05) is 31.0 Å². The molecule has 3 rings (SSSR count). The molecule has 0 saturated heterocycles. The van der Waals surface area contributed by atoms with Gasteiger partial charge >= 0.3 is 0 Å². The van der Waals surface area contributed by atoms with Gasteiger partial charge in [0.15, 0.2) is 16.8 Å². The molecule has 0 aliphatic carbocycles. The van der Waals surface area contributed by atoms with E-state index in [1.54, 1.807) is 11.6 Å². The zero-order valence-electron chi connectivity index (χ0n) is 18.0. The summed E-state index contributed by atoms with van der Waals surface area (Å²) < 4.78 is 42.6. The molecule has 0 aliphatic rings. The van der Waals surface area contributed by atoms with Crippen molar-refractivity contribution in [2.75, 3.05) is 16.3 Å². The Morgan fingerprint density at radius 3 is 2.32 bits per heavy atom. The van der Waals surface area contributed by atoms with Crippen molar-refractivity contribution >= 4 is 33.3 Å². The lowest BCUT2D eigenvalue weighted by molar-refractivity contribution is 0.102. The molecule has 1 aromatic carbocycles. The molecule has 166 valence electrons. The standard InChI is InChI=1S/C20H24FN5O3S2/c1-13-10-17(14(2)24(13)3)18(27)12-30-20-23-22-19(25(20)4)11-26(31(5,28)29)16-8-6-15(21)7-9-16/h6-10H,11-12H2,1-5H3. The van der Waals surface area contributed by atoms with E-state index < -0.39 is 15.8 Å². The minimum atomic E-state index is -3.64. The third kappa shape index (κ3) is 4.99. The first-order chi connectivity index (χ1) is 14.5. The number of aryl methyl sites for hydroxylation is 1. The van der Waals surface area contributed by atoms with Gasteiger partial charge in [-0.05, 0) is 44.2 Å². The zero-order chi connectivity index (χ0) is 22.9. The highest BCUT2D eigenvalue weighted by atomic mass is 32.2. The topological polar surface area (TPSA) is 90.1 Å². The second kappa shape index (κ2) is 8.83. The second-order valence-electron chi connectivity index (χ2n) is 7.26. The molecule has 0 N–H and O–H groups in total. The first kappa shape index (κ1) is 23.0. The number of anilines is 1. The summed E-state index contributed by atoms with van der Waals surface area (Å²) in [6.07, 6.45) is 1.07. The van der Waals surface area contributed by atoms with Crippen LogP contribution in [0.4, 0.5) is 10.1 Å². The number of rotatable bonds is 8. The third-order valence-electron chi connectivity index (χ3n) is 5.13. The summed E-state index contributed by atoms with van der Waals surface area (Å²) in [5.74, 6) is 0.114. The summed E-state index contributed by atoms with van der Waals surface area (Å²) in [5, 5.41) is 8.70. The number of hydrogen-bond donors (Lipinski definition) is 0. The van der Waals surface area contributed by atoms with E-state index in [1.165, 1.54) is 36.0 Å². The molecule has 2 heterocycles. The van der Waals surface area contributed by atoms with Gasteiger partial charge in [-0.2, -0.15) is 0 Å². The normalized spacial score (nSPS) is 11.7. The molecule has 0 radical (unpaired) electrons. The van der Waals surface area contributed by atoms with Crippen LogP contribution in [0.15, 0.2) is 35.5 Å². The van der Waals surface area contributed by atoms with Gasteiger partial charge in [0.2, 0.25) is 10.0 Å². The molecular formula is C20H24FN5O3S2. The molecule has 31 heavy (non-hydrogen) atoms. The Morgan fingerprint density at radius 2 is 1.77 bits per heavy atom. The minimum Gasteiger partial charge on any atom is -0.351 e. The molecule has 0 atom stereocenters. The number of aromatic nitrogens is 4. The quantitative estimate of drug-likeness (QED) is 0.375. The number of nitrogens with zero attached hydrogens (tertiary/aromatic N) is 5. The Morgan fingerprint density at radius 1 is 1.13 bits per heavy atom. The van der Waals surface area contributed by atoms with Crippen LogP contribution in [0.2, 0.25) is 0 Å². The molecule has 0 bridgehead atoms. The molecule has 0 amide bonds. The summed E-state index contributed by atoms with van der Waals surface area (Å²) >= 11 is 1.24. The van der Waals surface area contributed by atoms with Crippen LogP contribution < -0.4 is 4.31 Å². The van der Waals surface area contributed by atoms with Crippen LogP contribution in [-0.2, 0) is 30.7 Å². The fraction of sp³-hybridized carbons (Fsp3) is 0.350. The molecule has 0 unspecified atom stereocenters. The number of benzene rings is 1. The molecular weight excluding hydrogens is 441 g/mol. The van der Waals surface area contributed by atoms with Gasteiger partial charge in [-0.15, -0.1) is 10.2 Å². The fourth-order valence-corrected chi connectivity index (χ4v) is 4.76.